The number of hydrogen-bond acceptors (Lipinski definition) is 3. The van der Waals surface area contributed by atoms with Crippen LogP contribution in [-0.4, -0.2) is 65.1 Å². The number of likely N-dealkylation sites (tertiary alicyclic amines) is 1. The molecular formula is C24H33N3O2. The number of nitrogens with zero attached hydrogens (tertiary/aromatic N) is 2. The van der Waals surface area contributed by atoms with E-state index in [1.165, 1.54) is 38.8 Å². The number of carbonyl (C=O) groups excluding carboxylic acids is 1. The number of para-hydroxylation sites is 1. The maximum absolute atomic E-state index is 13.3. The van der Waals surface area contributed by atoms with Gasteiger partial charge in [0.15, 0.2) is 0 Å². The van der Waals surface area contributed by atoms with E-state index >= 15 is 0 Å². The predicted octanol–water partition coefficient (Wildman–Crippen LogP) is 3.73. The monoisotopic (exact) mass is 395 g/mol. The van der Waals surface area contributed by atoms with E-state index in [-0.39, 0.29) is 11.5 Å². The summed E-state index contributed by atoms with van der Waals surface area (Å²) in [6.45, 7) is 3.25. The van der Waals surface area contributed by atoms with Crippen molar-refractivity contribution in [2.45, 2.75) is 69.1 Å². The summed E-state index contributed by atoms with van der Waals surface area (Å²) in [6, 6.07) is 8.96. The molecule has 0 bridgehead atoms. The van der Waals surface area contributed by atoms with Crippen LogP contribution in [0.4, 0.5) is 0 Å². The number of amides is 1. The Kier molecular flexibility index (Phi) is 5.12. The zero-order valence-electron chi connectivity index (χ0n) is 17.5. The molecule has 1 spiro atoms. The summed E-state index contributed by atoms with van der Waals surface area (Å²) in [7, 11) is 2.03. The first kappa shape index (κ1) is 19.1. The fourth-order valence-electron chi connectivity index (χ4n) is 5.98. The van der Waals surface area contributed by atoms with Crippen molar-refractivity contribution in [2.75, 3.05) is 26.7 Å². The van der Waals surface area contributed by atoms with Crippen LogP contribution in [0.25, 0.3) is 10.9 Å². The Bertz CT molecular complexity index is 864. The first-order valence-corrected chi connectivity index (χ1v) is 11.3. The lowest BCUT2D eigenvalue weighted by Crippen LogP contribution is -2.58. The molecule has 1 saturated carbocycles. The van der Waals surface area contributed by atoms with Crippen LogP contribution in [0, 0.1) is 0 Å². The van der Waals surface area contributed by atoms with E-state index in [0.717, 1.165) is 42.3 Å². The Morgan fingerprint density at radius 1 is 1.24 bits per heavy atom. The smallest absolute Gasteiger partial charge is 0.227 e. The first-order chi connectivity index (χ1) is 14.2. The summed E-state index contributed by atoms with van der Waals surface area (Å²) in [4.78, 5) is 21.3. The molecule has 2 aromatic rings. The van der Waals surface area contributed by atoms with Gasteiger partial charge in [0, 0.05) is 42.8 Å². The minimum atomic E-state index is 0.0739. The van der Waals surface area contributed by atoms with E-state index in [1.807, 2.05) is 25.4 Å². The van der Waals surface area contributed by atoms with Gasteiger partial charge in [0.05, 0.1) is 12.0 Å². The normalized spacial score (nSPS) is 30.4. The summed E-state index contributed by atoms with van der Waals surface area (Å²) < 4.78 is 6.26. The first-order valence-electron chi connectivity index (χ1n) is 11.3. The summed E-state index contributed by atoms with van der Waals surface area (Å²) in [6.07, 6.45) is 10.6. The molecular weight excluding hydrogens is 362 g/mol. The molecule has 1 aromatic carbocycles. The highest BCUT2D eigenvalue weighted by atomic mass is 16.5. The van der Waals surface area contributed by atoms with Gasteiger partial charge in [-0.3, -0.25) is 9.69 Å². The van der Waals surface area contributed by atoms with Gasteiger partial charge >= 0.3 is 0 Å². The van der Waals surface area contributed by atoms with Crippen LogP contribution in [0.5, 0.6) is 0 Å². The van der Waals surface area contributed by atoms with Crippen LogP contribution < -0.4 is 0 Å². The molecule has 3 heterocycles. The molecule has 5 rings (SSSR count). The second kappa shape index (κ2) is 7.77. The number of hydrogen-bond donors (Lipinski definition) is 1. The molecule has 156 valence electrons. The lowest BCUT2D eigenvalue weighted by Gasteiger charge is -2.48. The van der Waals surface area contributed by atoms with Gasteiger partial charge in [-0.25, -0.2) is 0 Å². The number of likely N-dealkylation sites (N-methyl/N-ethyl adjacent to an activating group) is 1. The van der Waals surface area contributed by atoms with E-state index in [9.17, 15) is 4.79 Å². The van der Waals surface area contributed by atoms with Crippen molar-refractivity contribution in [1.29, 1.82) is 0 Å². The molecule has 1 amide bonds. The highest BCUT2D eigenvalue weighted by Crippen LogP contribution is 2.43. The van der Waals surface area contributed by atoms with E-state index in [4.69, 9.17) is 4.74 Å². The van der Waals surface area contributed by atoms with Crippen LogP contribution in [0.2, 0.25) is 0 Å². The second-order valence-corrected chi connectivity index (χ2v) is 9.30. The number of aromatic nitrogens is 1. The molecule has 5 heteroatoms. The standard InChI is InChI=1S/C24H33N3O2/c1-26(23(28)15-18-17-25-20-8-3-2-7-19(18)20)21-9-11-24(10-6-14-29-24)16-22(21)27-12-4-5-13-27/h2-3,7-8,17,21-22,25H,4-6,9-16H2,1H3/t21-,22-,24-/m1/s1. The highest BCUT2D eigenvalue weighted by Gasteiger charge is 2.47. The fraction of sp³-hybridized carbons (Fsp3) is 0.625. The third kappa shape index (κ3) is 3.59. The average Bonchev–Trinajstić information content (AvgIpc) is 3.50. The number of carbonyl (C=O) groups is 1. The molecule has 3 fully saturated rings. The molecule has 1 aromatic heterocycles. The van der Waals surface area contributed by atoms with Crippen molar-refractivity contribution in [2.24, 2.45) is 0 Å². The van der Waals surface area contributed by atoms with Crippen molar-refractivity contribution in [3.05, 3.63) is 36.0 Å². The van der Waals surface area contributed by atoms with Gasteiger partial charge < -0.3 is 14.6 Å². The maximum Gasteiger partial charge on any atom is 0.227 e. The molecule has 3 atom stereocenters. The topological polar surface area (TPSA) is 48.6 Å². The number of benzene rings is 1. The molecule has 2 saturated heterocycles. The molecule has 29 heavy (non-hydrogen) atoms. The summed E-state index contributed by atoms with van der Waals surface area (Å²) in [5.74, 6) is 0.229. The number of aromatic amines is 1. The van der Waals surface area contributed by atoms with Gasteiger partial charge in [-0.2, -0.15) is 0 Å². The maximum atomic E-state index is 13.3. The van der Waals surface area contributed by atoms with Crippen molar-refractivity contribution in [1.82, 2.24) is 14.8 Å². The Labute approximate surface area is 173 Å². The lowest BCUT2D eigenvalue weighted by atomic mass is 9.76. The Hall–Kier alpha value is -1.85. The van der Waals surface area contributed by atoms with Crippen molar-refractivity contribution < 1.29 is 9.53 Å². The quantitative estimate of drug-likeness (QED) is 0.858. The summed E-state index contributed by atoms with van der Waals surface area (Å²) in [5, 5.41) is 1.16. The van der Waals surface area contributed by atoms with E-state index in [0.29, 0.717) is 18.5 Å². The number of H-pyrrole nitrogens is 1. The SMILES string of the molecule is CN(C(=O)Cc1c[nH]c2ccccc12)[C@@H]1CC[C@]2(CCCO2)C[C@H]1N1CCCC1. The van der Waals surface area contributed by atoms with Gasteiger partial charge in [-0.1, -0.05) is 18.2 Å². The molecule has 1 aliphatic carbocycles. The Balaban J connectivity index is 1.34. The zero-order valence-corrected chi connectivity index (χ0v) is 17.5. The van der Waals surface area contributed by atoms with Crippen LogP contribution in [-0.2, 0) is 16.0 Å². The zero-order chi connectivity index (χ0) is 19.8. The van der Waals surface area contributed by atoms with Gasteiger partial charge in [0.2, 0.25) is 5.91 Å². The van der Waals surface area contributed by atoms with Crippen molar-refractivity contribution >= 4 is 16.8 Å². The fourth-order valence-corrected chi connectivity index (χ4v) is 5.98. The molecule has 0 radical (unpaired) electrons. The van der Waals surface area contributed by atoms with Gasteiger partial charge in [-0.15, -0.1) is 0 Å². The number of ether oxygens (including phenoxy) is 1. The third-order valence-corrected chi connectivity index (χ3v) is 7.62. The number of nitrogens with one attached hydrogen (secondary N) is 1. The number of rotatable bonds is 4. The Morgan fingerprint density at radius 3 is 2.86 bits per heavy atom. The van der Waals surface area contributed by atoms with Crippen LogP contribution >= 0.6 is 0 Å². The van der Waals surface area contributed by atoms with Crippen molar-refractivity contribution in [3.63, 3.8) is 0 Å². The average molecular weight is 396 g/mol. The minimum absolute atomic E-state index is 0.0739. The van der Waals surface area contributed by atoms with E-state index < -0.39 is 0 Å². The highest BCUT2D eigenvalue weighted by molar-refractivity contribution is 5.88. The summed E-state index contributed by atoms with van der Waals surface area (Å²) in [5.41, 5.74) is 2.28. The molecule has 1 N–H and O–H groups in total. The third-order valence-electron chi connectivity index (χ3n) is 7.62. The molecule has 0 unspecified atom stereocenters. The summed E-state index contributed by atoms with van der Waals surface area (Å²) >= 11 is 0. The van der Waals surface area contributed by atoms with Gasteiger partial charge in [0.25, 0.3) is 0 Å². The lowest BCUT2D eigenvalue weighted by molar-refractivity contribution is -0.136. The van der Waals surface area contributed by atoms with E-state index in [1.54, 1.807) is 0 Å². The molecule has 3 aliphatic rings. The molecule has 5 nitrogen and oxygen atoms in total. The number of fused-ring (bicyclic) bond motifs is 1. The molecule has 2 aliphatic heterocycles. The van der Waals surface area contributed by atoms with E-state index in [2.05, 4.69) is 26.9 Å². The Morgan fingerprint density at radius 2 is 2.07 bits per heavy atom. The largest absolute Gasteiger partial charge is 0.375 e. The van der Waals surface area contributed by atoms with Gasteiger partial charge in [-0.05, 0) is 69.7 Å². The minimum Gasteiger partial charge on any atom is -0.375 e. The van der Waals surface area contributed by atoms with Crippen molar-refractivity contribution in [3.8, 4) is 0 Å². The van der Waals surface area contributed by atoms with Gasteiger partial charge in [0.1, 0.15) is 0 Å². The van der Waals surface area contributed by atoms with Crippen LogP contribution in [0.1, 0.15) is 50.5 Å². The predicted molar refractivity (Wildman–Crippen MR) is 115 cm³/mol. The van der Waals surface area contributed by atoms with Crippen LogP contribution in [0.15, 0.2) is 30.5 Å². The van der Waals surface area contributed by atoms with Crippen LogP contribution in [0.3, 0.4) is 0 Å². The second-order valence-electron chi connectivity index (χ2n) is 9.30.